The molecule has 0 N–H and O–H groups in total. The Bertz CT molecular complexity index is 3530. The van der Waals surface area contributed by atoms with Crippen molar-refractivity contribution in [3.63, 3.8) is 0 Å². The summed E-state index contributed by atoms with van der Waals surface area (Å²) in [6.45, 7) is 40.9. The average molecular weight is 1060 g/mol. The van der Waals surface area contributed by atoms with Crippen LogP contribution in [0.5, 0.6) is 0 Å². The SMILES string of the molecule is Cc1ccc(-c2ccc([Si](C)(C)C)cc2)cc1N(c1ccc([Si](C)(C)C)cc1)c1cc(N(c2ccc([Si](C)(C)C)cc2)c2cc(-c3ccc([Si](C)(C)C)cc3)ccc2C)c2ccc3cc(C(C)(C)C)cc4ccc1c2c43. The van der Waals surface area contributed by atoms with Gasteiger partial charge in [0.1, 0.15) is 0 Å². The lowest BCUT2D eigenvalue weighted by molar-refractivity contribution is 0.591. The number of benzene rings is 10. The summed E-state index contributed by atoms with van der Waals surface area (Å²) in [5.74, 6) is 0. The number of nitrogens with zero attached hydrogens (tertiary/aromatic N) is 2. The summed E-state index contributed by atoms with van der Waals surface area (Å²) in [7, 11) is -6.20. The summed E-state index contributed by atoms with van der Waals surface area (Å²) in [6, 6.07) is 69.4. The summed E-state index contributed by atoms with van der Waals surface area (Å²) >= 11 is 0. The van der Waals surface area contributed by atoms with Gasteiger partial charge in [0.2, 0.25) is 0 Å². The van der Waals surface area contributed by atoms with E-state index in [-0.39, 0.29) is 5.41 Å². The van der Waals surface area contributed by atoms with E-state index in [0.717, 1.165) is 22.7 Å². The Hall–Kier alpha value is -6.29. The van der Waals surface area contributed by atoms with E-state index in [2.05, 4.69) is 299 Å². The van der Waals surface area contributed by atoms with Crippen LogP contribution >= 0.6 is 0 Å². The average Bonchev–Trinajstić information content (AvgIpc) is 3.52. The lowest BCUT2D eigenvalue weighted by Gasteiger charge is -2.34. The first-order chi connectivity index (χ1) is 35.6. The van der Waals surface area contributed by atoms with Gasteiger partial charge in [-0.2, -0.15) is 0 Å². The Morgan fingerprint density at radius 3 is 0.934 bits per heavy atom. The van der Waals surface area contributed by atoms with Crippen LogP contribution in [0.2, 0.25) is 78.6 Å². The largest absolute Gasteiger partial charge is 0.310 e. The van der Waals surface area contributed by atoms with Crippen molar-refractivity contribution in [2.75, 3.05) is 9.80 Å². The molecule has 0 saturated heterocycles. The zero-order valence-electron chi connectivity index (χ0n) is 48.6. The van der Waals surface area contributed by atoms with Gasteiger partial charge in [0.05, 0.1) is 43.7 Å². The summed E-state index contributed by atoms with van der Waals surface area (Å²) in [5.41, 5.74) is 15.7. The molecular formula is C70H80N2Si4. The number of hydrogen-bond donors (Lipinski definition) is 0. The van der Waals surface area contributed by atoms with E-state index in [1.54, 1.807) is 0 Å². The molecule has 0 aliphatic rings. The van der Waals surface area contributed by atoms with E-state index in [9.17, 15) is 0 Å². The highest BCUT2D eigenvalue weighted by molar-refractivity contribution is 6.90. The summed E-state index contributed by atoms with van der Waals surface area (Å²) < 4.78 is 0. The molecule has 76 heavy (non-hydrogen) atoms. The van der Waals surface area contributed by atoms with Crippen LogP contribution in [0.4, 0.5) is 34.1 Å². The van der Waals surface area contributed by atoms with E-state index in [4.69, 9.17) is 0 Å². The highest BCUT2D eigenvalue weighted by Crippen LogP contribution is 2.52. The first-order valence-corrected chi connectivity index (χ1v) is 41.7. The van der Waals surface area contributed by atoms with Gasteiger partial charge in [-0.15, -0.1) is 0 Å². The fourth-order valence-corrected chi connectivity index (χ4v) is 15.8. The molecule has 0 saturated carbocycles. The lowest BCUT2D eigenvalue weighted by atomic mass is 9.83. The fourth-order valence-electron chi connectivity index (χ4n) is 11.1. The Morgan fingerprint density at radius 1 is 0.303 bits per heavy atom. The molecule has 2 nitrogen and oxygen atoms in total. The lowest BCUT2D eigenvalue weighted by Crippen LogP contribution is -2.37. The molecule has 0 amide bonds. The van der Waals surface area contributed by atoms with Gasteiger partial charge >= 0.3 is 0 Å². The third kappa shape index (κ3) is 10.2. The normalized spacial score (nSPS) is 12.8. The molecule has 0 aliphatic heterocycles. The Labute approximate surface area is 459 Å². The third-order valence-electron chi connectivity index (χ3n) is 16.1. The molecule has 0 spiro atoms. The molecule has 0 bridgehead atoms. The highest BCUT2D eigenvalue weighted by Gasteiger charge is 2.29. The van der Waals surface area contributed by atoms with E-state index < -0.39 is 32.3 Å². The van der Waals surface area contributed by atoms with E-state index in [1.807, 2.05) is 0 Å². The van der Waals surface area contributed by atoms with Crippen molar-refractivity contribution in [1.29, 1.82) is 0 Å². The molecule has 0 heterocycles. The monoisotopic (exact) mass is 1060 g/mol. The predicted octanol–water partition coefficient (Wildman–Crippen LogP) is 19.0. The summed E-state index contributed by atoms with van der Waals surface area (Å²) in [6.07, 6.45) is 0. The van der Waals surface area contributed by atoms with Crippen LogP contribution in [0.1, 0.15) is 37.5 Å². The number of aryl methyl sites for hydroxylation is 2. The molecule has 0 aliphatic carbocycles. The Morgan fingerprint density at radius 2 is 0.618 bits per heavy atom. The van der Waals surface area contributed by atoms with Crippen LogP contribution in [0.3, 0.4) is 0 Å². The molecule has 10 aromatic carbocycles. The Kier molecular flexibility index (Phi) is 13.5. The van der Waals surface area contributed by atoms with Gasteiger partial charge in [-0.3, -0.25) is 0 Å². The van der Waals surface area contributed by atoms with Crippen LogP contribution in [-0.2, 0) is 5.41 Å². The molecule has 10 rings (SSSR count). The van der Waals surface area contributed by atoms with E-state index in [1.165, 1.54) is 103 Å². The molecule has 0 unspecified atom stereocenters. The van der Waals surface area contributed by atoms with Gasteiger partial charge in [-0.1, -0.05) is 254 Å². The first kappa shape index (κ1) is 53.1. The van der Waals surface area contributed by atoms with Crippen molar-refractivity contribution in [2.45, 2.75) is 119 Å². The zero-order chi connectivity index (χ0) is 54.4. The third-order valence-corrected chi connectivity index (χ3v) is 24.3. The topological polar surface area (TPSA) is 6.48 Å². The minimum atomic E-state index is -1.62. The maximum atomic E-state index is 2.59. The smallest absolute Gasteiger partial charge is 0.0775 e. The number of anilines is 6. The van der Waals surface area contributed by atoms with Crippen molar-refractivity contribution < 1.29 is 0 Å². The van der Waals surface area contributed by atoms with Gasteiger partial charge in [0, 0.05) is 38.9 Å². The Balaban J connectivity index is 1.32. The van der Waals surface area contributed by atoms with Crippen LogP contribution in [0, 0.1) is 13.8 Å². The zero-order valence-corrected chi connectivity index (χ0v) is 52.6. The molecule has 0 fully saturated rings. The first-order valence-electron chi connectivity index (χ1n) is 27.7. The predicted molar refractivity (Wildman–Crippen MR) is 350 cm³/mol. The quantitative estimate of drug-likeness (QED) is 0.0889. The number of rotatable bonds is 12. The molecule has 10 aromatic rings. The highest BCUT2D eigenvalue weighted by atomic mass is 28.3. The molecule has 386 valence electrons. The van der Waals surface area contributed by atoms with Gasteiger partial charge in [0.15, 0.2) is 0 Å². The second-order valence-corrected chi connectivity index (χ2v) is 47.3. The standard InChI is InChI=1S/C70H80N2Si4/c1-47-18-20-51(49-22-32-58(33-23-49)73(6,7)8)44-64(47)71(56-28-36-60(37-29-56)75(12,13)14)66-46-67(63-41-27-54-43-55(70(3,4)5)42-53-26-40-62(66)69(63)68(53)54)72(57-30-38-61(39-31-57)76(15,16)17)65-45-52(21-19-48(65)2)50-24-34-59(35-25-50)74(9,10)11/h18-46H,1-17H3. The molecular weight excluding hydrogens is 981 g/mol. The minimum Gasteiger partial charge on any atom is -0.310 e. The van der Waals surface area contributed by atoms with Crippen molar-refractivity contribution in [1.82, 2.24) is 0 Å². The molecule has 0 aromatic heterocycles. The molecule has 0 atom stereocenters. The molecule has 0 radical (unpaired) electrons. The van der Waals surface area contributed by atoms with Gasteiger partial charge in [-0.25, -0.2) is 0 Å². The van der Waals surface area contributed by atoms with Crippen LogP contribution < -0.4 is 30.5 Å². The number of hydrogen-bond acceptors (Lipinski definition) is 2. The van der Waals surface area contributed by atoms with Gasteiger partial charge in [0.25, 0.3) is 0 Å². The maximum Gasteiger partial charge on any atom is 0.0775 e. The summed E-state index contributed by atoms with van der Waals surface area (Å²) in [4.78, 5) is 5.18. The second-order valence-electron chi connectivity index (χ2n) is 27.0. The maximum absolute atomic E-state index is 2.59. The van der Waals surface area contributed by atoms with Crippen molar-refractivity contribution >= 4 is 119 Å². The van der Waals surface area contributed by atoms with Crippen LogP contribution in [0.15, 0.2) is 176 Å². The van der Waals surface area contributed by atoms with Crippen molar-refractivity contribution in [3.8, 4) is 22.3 Å². The van der Waals surface area contributed by atoms with E-state index >= 15 is 0 Å². The minimum absolute atomic E-state index is 0.00633. The second kappa shape index (κ2) is 19.3. The fraction of sp³-hybridized carbons (Fsp3) is 0.257. The van der Waals surface area contributed by atoms with Gasteiger partial charge < -0.3 is 9.80 Å². The molecule has 6 heteroatoms. The van der Waals surface area contributed by atoms with Gasteiger partial charge in [-0.05, 0) is 117 Å². The van der Waals surface area contributed by atoms with Crippen molar-refractivity contribution in [2.24, 2.45) is 0 Å². The summed E-state index contributed by atoms with van der Waals surface area (Å²) in [5, 5.41) is 13.5. The van der Waals surface area contributed by atoms with E-state index in [0.29, 0.717) is 0 Å². The van der Waals surface area contributed by atoms with Crippen molar-refractivity contribution in [3.05, 3.63) is 193 Å². The van der Waals surface area contributed by atoms with Crippen LogP contribution in [0.25, 0.3) is 54.6 Å². The van der Waals surface area contributed by atoms with Crippen LogP contribution in [-0.4, -0.2) is 32.3 Å².